The van der Waals surface area contributed by atoms with Crippen molar-refractivity contribution in [1.29, 1.82) is 0 Å². The van der Waals surface area contributed by atoms with E-state index in [4.69, 9.17) is 17.3 Å². The van der Waals surface area contributed by atoms with Crippen molar-refractivity contribution in [3.63, 3.8) is 0 Å². The Bertz CT molecular complexity index is 1170. The normalized spacial score (nSPS) is 16.2. The summed E-state index contributed by atoms with van der Waals surface area (Å²) in [6.45, 7) is 0.508. The zero-order chi connectivity index (χ0) is 22.7. The van der Waals surface area contributed by atoms with Crippen LogP contribution in [-0.4, -0.2) is 39.9 Å². The molecule has 3 amide bonds. The molecule has 7 nitrogen and oxygen atoms in total. The van der Waals surface area contributed by atoms with E-state index < -0.39 is 12.1 Å². The van der Waals surface area contributed by atoms with Gasteiger partial charge in [0.2, 0.25) is 0 Å². The standard InChI is InChI=1S/C24H25ClN4O3/c25-17-7-5-6-16(14-17)11-12-22(30)21-10-3-4-13-28(21)24(32)27-19-15-29(23(26)31)20-9-2-1-8-18(19)20/h1-2,5-9,14-15,21H,3-4,10-13H2,(H2,26,31)(H,27,32)/t21-/m0/s1. The summed E-state index contributed by atoms with van der Waals surface area (Å²) in [5.41, 5.74) is 7.56. The van der Waals surface area contributed by atoms with Crippen LogP contribution in [0.3, 0.4) is 0 Å². The van der Waals surface area contributed by atoms with Crippen molar-refractivity contribution >= 4 is 46.0 Å². The number of rotatable bonds is 5. The monoisotopic (exact) mass is 452 g/mol. The average molecular weight is 453 g/mol. The zero-order valence-electron chi connectivity index (χ0n) is 17.6. The fourth-order valence-corrected chi connectivity index (χ4v) is 4.50. The zero-order valence-corrected chi connectivity index (χ0v) is 18.3. The van der Waals surface area contributed by atoms with E-state index in [-0.39, 0.29) is 11.8 Å². The van der Waals surface area contributed by atoms with E-state index in [0.29, 0.717) is 47.4 Å². The minimum absolute atomic E-state index is 0.0411. The van der Waals surface area contributed by atoms with Gasteiger partial charge in [-0.2, -0.15) is 0 Å². The van der Waals surface area contributed by atoms with Crippen LogP contribution in [-0.2, 0) is 11.2 Å². The number of ketones is 1. The van der Waals surface area contributed by atoms with Gasteiger partial charge in [0.1, 0.15) is 0 Å². The van der Waals surface area contributed by atoms with Crippen LogP contribution in [0.1, 0.15) is 31.2 Å². The number of urea groups is 1. The highest BCUT2D eigenvalue weighted by Gasteiger charge is 2.32. The fraction of sp³-hybridized carbons (Fsp3) is 0.292. The molecule has 32 heavy (non-hydrogen) atoms. The van der Waals surface area contributed by atoms with Crippen molar-refractivity contribution in [2.24, 2.45) is 5.73 Å². The summed E-state index contributed by atoms with van der Waals surface area (Å²) in [6.07, 6.45) is 4.83. The lowest BCUT2D eigenvalue weighted by Gasteiger charge is -2.34. The van der Waals surface area contributed by atoms with Crippen LogP contribution in [0.5, 0.6) is 0 Å². The third-order valence-corrected chi connectivity index (χ3v) is 6.11. The lowest BCUT2D eigenvalue weighted by Crippen LogP contribution is -2.49. The third kappa shape index (κ3) is 4.62. The Morgan fingerprint density at radius 3 is 2.69 bits per heavy atom. The molecule has 166 valence electrons. The number of anilines is 1. The summed E-state index contributed by atoms with van der Waals surface area (Å²) in [6, 6.07) is 13.2. The number of likely N-dealkylation sites (tertiary alicyclic amines) is 1. The molecule has 0 saturated carbocycles. The molecule has 2 heterocycles. The summed E-state index contributed by atoms with van der Waals surface area (Å²) in [7, 11) is 0. The number of fused-ring (bicyclic) bond motifs is 1. The maximum Gasteiger partial charge on any atom is 0.323 e. The summed E-state index contributed by atoms with van der Waals surface area (Å²) < 4.78 is 1.30. The second kappa shape index (κ2) is 9.44. The third-order valence-electron chi connectivity index (χ3n) is 5.88. The minimum Gasteiger partial charge on any atom is -0.351 e. The molecule has 0 bridgehead atoms. The Morgan fingerprint density at radius 2 is 1.91 bits per heavy atom. The summed E-state index contributed by atoms with van der Waals surface area (Å²) in [5, 5.41) is 4.24. The number of piperidine rings is 1. The lowest BCUT2D eigenvalue weighted by atomic mass is 9.95. The van der Waals surface area contributed by atoms with Crippen molar-refractivity contribution in [3.05, 3.63) is 65.3 Å². The molecule has 8 heteroatoms. The number of benzene rings is 2. The number of Topliss-reactive ketones (excluding diaryl/α,β-unsaturated/α-hetero) is 1. The lowest BCUT2D eigenvalue weighted by molar-refractivity contribution is -0.124. The largest absolute Gasteiger partial charge is 0.351 e. The van der Waals surface area contributed by atoms with E-state index in [1.165, 1.54) is 10.8 Å². The van der Waals surface area contributed by atoms with E-state index in [1.54, 1.807) is 23.1 Å². The van der Waals surface area contributed by atoms with Gasteiger partial charge in [-0.15, -0.1) is 0 Å². The first-order valence-corrected chi connectivity index (χ1v) is 11.1. The van der Waals surface area contributed by atoms with Gasteiger partial charge in [-0.3, -0.25) is 9.36 Å². The van der Waals surface area contributed by atoms with E-state index in [1.807, 2.05) is 30.3 Å². The first kappa shape index (κ1) is 21.9. The molecule has 0 aliphatic carbocycles. The molecule has 1 aliphatic rings. The van der Waals surface area contributed by atoms with Crippen LogP contribution in [0, 0.1) is 0 Å². The van der Waals surface area contributed by atoms with Gasteiger partial charge < -0.3 is 16.0 Å². The molecule has 2 aromatic carbocycles. The van der Waals surface area contributed by atoms with Crippen molar-refractivity contribution in [1.82, 2.24) is 9.47 Å². The summed E-state index contributed by atoms with van der Waals surface area (Å²) in [5.74, 6) is 0.0411. The number of primary amides is 1. The fourth-order valence-electron chi connectivity index (χ4n) is 4.28. The van der Waals surface area contributed by atoms with Crippen molar-refractivity contribution in [2.45, 2.75) is 38.1 Å². The number of aryl methyl sites for hydroxylation is 1. The quantitative estimate of drug-likeness (QED) is 0.581. The van der Waals surface area contributed by atoms with Crippen LogP contribution < -0.4 is 11.1 Å². The summed E-state index contributed by atoms with van der Waals surface area (Å²) in [4.78, 5) is 39.5. The number of hydrogen-bond acceptors (Lipinski definition) is 3. The van der Waals surface area contributed by atoms with Crippen LogP contribution in [0.4, 0.5) is 15.3 Å². The highest BCUT2D eigenvalue weighted by Crippen LogP contribution is 2.27. The van der Waals surface area contributed by atoms with E-state index in [2.05, 4.69) is 5.32 Å². The Kier molecular flexibility index (Phi) is 6.46. The molecule has 1 aliphatic heterocycles. The number of carbonyl (C=O) groups excluding carboxylic acids is 3. The van der Waals surface area contributed by atoms with Crippen LogP contribution in [0.2, 0.25) is 5.02 Å². The topological polar surface area (TPSA) is 97.4 Å². The van der Waals surface area contributed by atoms with Gasteiger partial charge >= 0.3 is 12.1 Å². The van der Waals surface area contributed by atoms with Gasteiger partial charge in [0, 0.05) is 29.6 Å². The number of nitrogens with zero attached hydrogens (tertiary/aromatic N) is 2. The van der Waals surface area contributed by atoms with Crippen molar-refractivity contribution < 1.29 is 14.4 Å². The smallest absolute Gasteiger partial charge is 0.323 e. The number of hydrogen-bond donors (Lipinski definition) is 2. The number of nitrogens with one attached hydrogen (secondary N) is 1. The van der Waals surface area contributed by atoms with E-state index >= 15 is 0 Å². The maximum atomic E-state index is 13.1. The molecule has 0 spiro atoms. The average Bonchev–Trinajstić information content (AvgIpc) is 3.16. The molecule has 1 aromatic heterocycles. The van der Waals surface area contributed by atoms with Gasteiger partial charge in [-0.25, -0.2) is 9.59 Å². The van der Waals surface area contributed by atoms with Crippen molar-refractivity contribution in [3.8, 4) is 0 Å². The Hall–Kier alpha value is -3.32. The summed E-state index contributed by atoms with van der Waals surface area (Å²) >= 11 is 6.04. The first-order valence-electron chi connectivity index (χ1n) is 10.7. The van der Waals surface area contributed by atoms with Crippen LogP contribution >= 0.6 is 11.6 Å². The molecule has 3 aromatic rings. The predicted octanol–water partition coefficient (Wildman–Crippen LogP) is 4.81. The molecule has 4 rings (SSSR count). The number of para-hydroxylation sites is 1. The van der Waals surface area contributed by atoms with Crippen molar-refractivity contribution in [2.75, 3.05) is 11.9 Å². The molecule has 0 unspecified atom stereocenters. The molecular formula is C24H25ClN4O3. The SMILES string of the molecule is NC(=O)n1cc(NC(=O)N2CCCC[C@H]2C(=O)CCc2cccc(Cl)c2)c2ccccc21. The molecule has 1 fully saturated rings. The molecule has 1 saturated heterocycles. The Labute approximate surface area is 191 Å². The highest BCUT2D eigenvalue weighted by molar-refractivity contribution is 6.30. The van der Waals surface area contributed by atoms with Gasteiger partial charge in [-0.05, 0) is 49.4 Å². The van der Waals surface area contributed by atoms with E-state index in [9.17, 15) is 14.4 Å². The highest BCUT2D eigenvalue weighted by atomic mass is 35.5. The first-order chi connectivity index (χ1) is 15.4. The Balaban J connectivity index is 1.49. The molecule has 3 N–H and O–H groups in total. The van der Waals surface area contributed by atoms with Gasteiger partial charge in [-0.1, -0.05) is 41.9 Å². The molecular weight excluding hydrogens is 428 g/mol. The van der Waals surface area contributed by atoms with Crippen LogP contribution in [0.25, 0.3) is 10.9 Å². The second-order valence-electron chi connectivity index (χ2n) is 8.00. The molecule has 1 atom stereocenters. The van der Waals surface area contributed by atoms with Gasteiger partial charge in [0.05, 0.1) is 17.2 Å². The number of amides is 3. The van der Waals surface area contributed by atoms with Gasteiger partial charge in [0.25, 0.3) is 0 Å². The second-order valence-corrected chi connectivity index (χ2v) is 8.44. The predicted molar refractivity (Wildman–Crippen MR) is 125 cm³/mol. The number of halogens is 1. The maximum absolute atomic E-state index is 13.1. The van der Waals surface area contributed by atoms with Gasteiger partial charge in [0.15, 0.2) is 5.78 Å². The Morgan fingerprint density at radius 1 is 1.09 bits per heavy atom. The minimum atomic E-state index is -0.631. The molecule has 0 radical (unpaired) electrons. The number of aromatic nitrogens is 1. The number of carbonyl (C=O) groups is 3. The van der Waals surface area contributed by atoms with E-state index in [0.717, 1.165) is 18.4 Å². The van der Waals surface area contributed by atoms with Crippen LogP contribution in [0.15, 0.2) is 54.7 Å². The number of nitrogens with two attached hydrogens (primary N) is 1.